The van der Waals surface area contributed by atoms with Crippen LogP contribution in [-0.2, 0) is 11.1 Å². The number of hydrogen-bond donors (Lipinski definition) is 1. The van der Waals surface area contributed by atoms with Gasteiger partial charge < -0.3 is 4.55 Å². The molecule has 0 amide bonds. The molecule has 1 unspecified atom stereocenters. The summed E-state index contributed by atoms with van der Waals surface area (Å²) in [5, 5.41) is 0. The van der Waals surface area contributed by atoms with Crippen molar-refractivity contribution in [1.82, 2.24) is 0 Å². The normalized spacial score (nSPS) is 12.9. The van der Waals surface area contributed by atoms with Gasteiger partial charge in [-0.05, 0) is 40.5 Å². The standard InChI is InChI=1S/C15H24O2S.K.H/c1-9(2)12-7-8-13(18(16)17)15(11(5)6)14(12)10(3)4;;/h7-11H,1-6H3,(H,16,17);;. The zero-order chi connectivity index (χ0) is 14.0. The SMILES string of the molecule is CC(C)c1ccc(S(=O)O)c(C(C)C)c1C(C)C.[KH]. The summed E-state index contributed by atoms with van der Waals surface area (Å²) in [6.45, 7) is 12.8. The van der Waals surface area contributed by atoms with Crippen LogP contribution in [0.3, 0.4) is 0 Å². The Kier molecular flexibility index (Phi) is 8.85. The molecule has 0 bridgehead atoms. The molecule has 0 heterocycles. The van der Waals surface area contributed by atoms with E-state index in [0.29, 0.717) is 16.7 Å². The van der Waals surface area contributed by atoms with E-state index in [2.05, 4.69) is 41.5 Å². The van der Waals surface area contributed by atoms with E-state index in [0.717, 1.165) is 5.56 Å². The molecule has 0 aliphatic heterocycles. The Labute approximate surface area is 162 Å². The second-order valence-electron chi connectivity index (χ2n) is 5.69. The van der Waals surface area contributed by atoms with Crippen molar-refractivity contribution >= 4 is 62.5 Å². The van der Waals surface area contributed by atoms with Gasteiger partial charge in [-0.1, -0.05) is 47.6 Å². The van der Waals surface area contributed by atoms with E-state index in [4.69, 9.17) is 0 Å². The second kappa shape index (κ2) is 8.42. The summed E-state index contributed by atoms with van der Waals surface area (Å²) in [5.41, 5.74) is 3.60. The molecule has 1 aromatic carbocycles. The summed E-state index contributed by atoms with van der Waals surface area (Å²) < 4.78 is 21.0. The van der Waals surface area contributed by atoms with Crippen LogP contribution in [0.15, 0.2) is 17.0 Å². The molecule has 0 saturated carbocycles. The van der Waals surface area contributed by atoms with Gasteiger partial charge >= 0.3 is 51.4 Å². The molecule has 1 aromatic rings. The molecule has 0 spiro atoms. The fraction of sp³-hybridized carbons (Fsp3) is 0.600. The molecular weight excluding hydrogens is 283 g/mol. The first-order valence-corrected chi connectivity index (χ1v) is 7.65. The first-order valence-electron chi connectivity index (χ1n) is 6.54. The molecule has 0 radical (unpaired) electrons. The maximum atomic E-state index is 11.5. The average Bonchev–Trinajstić information content (AvgIpc) is 2.26. The third-order valence-corrected chi connectivity index (χ3v) is 3.98. The Bertz CT molecular complexity index is 454. The van der Waals surface area contributed by atoms with Crippen LogP contribution in [0.5, 0.6) is 0 Å². The quantitative estimate of drug-likeness (QED) is 0.674. The first kappa shape index (κ1) is 20.0. The number of rotatable bonds is 4. The number of hydrogen-bond acceptors (Lipinski definition) is 1. The Balaban J connectivity index is 0.00000324. The van der Waals surface area contributed by atoms with Gasteiger partial charge in [0.25, 0.3) is 0 Å². The van der Waals surface area contributed by atoms with Crippen molar-refractivity contribution in [3.63, 3.8) is 0 Å². The topological polar surface area (TPSA) is 37.3 Å². The van der Waals surface area contributed by atoms with Crippen LogP contribution in [0.4, 0.5) is 0 Å². The predicted molar refractivity (Wildman–Crippen MR) is 84.9 cm³/mol. The Hall–Kier alpha value is 0.966. The van der Waals surface area contributed by atoms with E-state index in [1.807, 2.05) is 12.1 Å². The Morgan fingerprint density at radius 3 is 1.68 bits per heavy atom. The summed E-state index contributed by atoms with van der Waals surface area (Å²) in [6, 6.07) is 3.82. The zero-order valence-electron chi connectivity index (χ0n) is 12.2. The van der Waals surface area contributed by atoms with Crippen molar-refractivity contribution in [3.05, 3.63) is 28.8 Å². The Morgan fingerprint density at radius 2 is 1.37 bits per heavy atom. The van der Waals surface area contributed by atoms with E-state index >= 15 is 0 Å². The third-order valence-electron chi connectivity index (χ3n) is 3.25. The fourth-order valence-corrected chi connectivity index (χ4v) is 3.25. The maximum absolute atomic E-state index is 11.5. The average molecular weight is 309 g/mol. The van der Waals surface area contributed by atoms with Crippen LogP contribution >= 0.6 is 0 Å². The molecule has 0 aliphatic rings. The summed E-state index contributed by atoms with van der Waals surface area (Å²) in [7, 11) is 0. The van der Waals surface area contributed by atoms with Gasteiger partial charge in [0.15, 0.2) is 11.1 Å². The monoisotopic (exact) mass is 308 g/mol. The Morgan fingerprint density at radius 1 is 0.895 bits per heavy atom. The van der Waals surface area contributed by atoms with E-state index in [1.54, 1.807) is 0 Å². The second-order valence-corrected chi connectivity index (χ2v) is 6.63. The molecule has 1 N–H and O–H groups in total. The first-order chi connectivity index (χ1) is 8.27. The molecule has 0 saturated heterocycles. The van der Waals surface area contributed by atoms with Crippen molar-refractivity contribution < 1.29 is 8.76 Å². The molecule has 1 atom stereocenters. The summed E-state index contributed by atoms with van der Waals surface area (Å²) in [6.07, 6.45) is 0. The summed E-state index contributed by atoms with van der Waals surface area (Å²) in [4.78, 5) is 0.568. The van der Waals surface area contributed by atoms with Crippen LogP contribution in [0, 0.1) is 0 Å². The van der Waals surface area contributed by atoms with Crippen molar-refractivity contribution in [1.29, 1.82) is 0 Å². The van der Waals surface area contributed by atoms with Gasteiger partial charge in [-0.15, -0.1) is 0 Å². The van der Waals surface area contributed by atoms with E-state index in [-0.39, 0.29) is 57.3 Å². The van der Waals surface area contributed by atoms with Gasteiger partial charge in [0.1, 0.15) is 0 Å². The van der Waals surface area contributed by atoms with Crippen molar-refractivity contribution in [2.75, 3.05) is 0 Å². The zero-order valence-corrected chi connectivity index (χ0v) is 13.0. The van der Waals surface area contributed by atoms with Crippen LogP contribution < -0.4 is 0 Å². The number of benzene rings is 1. The van der Waals surface area contributed by atoms with E-state index < -0.39 is 11.1 Å². The van der Waals surface area contributed by atoms with Crippen molar-refractivity contribution in [3.8, 4) is 0 Å². The minimum absolute atomic E-state index is 0. The molecule has 0 aromatic heterocycles. The molecule has 0 fully saturated rings. The minimum atomic E-state index is -1.91. The summed E-state index contributed by atoms with van der Waals surface area (Å²) in [5.74, 6) is 1.05. The summed E-state index contributed by atoms with van der Waals surface area (Å²) >= 11 is -1.91. The molecule has 1 rings (SSSR count). The van der Waals surface area contributed by atoms with Gasteiger partial charge in [0.2, 0.25) is 0 Å². The molecular formula is C15H25KO2S. The van der Waals surface area contributed by atoms with Gasteiger partial charge in [-0.3, -0.25) is 0 Å². The van der Waals surface area contributed by atoms with Crippen molar-refractivity contribution in [2.24, 2.45) is 0 Å². The van der Waals surface area contributed by atoms with Crippen LogP contribution in [0.25, 0.3) is 0 Å². The molecule has 104 valence electrons. The molecule has 0 aliphatic carbocycles. The molecule has 2 nitrogen and oxygen atoms in total. The van der Waals surface area contributed by atoms with E-state index in [1.165, 1.54) is 11.1 Å². The van der Waals surface area contributed by atoms with Gasteiger partial charge in [-0.2, -0.15) is 0 Å². The van der Waals surface area contributed by atoms with Gasteiger partial charge in [0.05, 0.1) is 4.90 Å². The van der Waals surface area contributed by atoms with Gasteiger partial charge in [0, 0.05) is 0 Å². The third kappa shape index (κ3) is 4.73. The van der Waals surface area contributed by atoms with Crippen LogP contribution in [0.1, 0.15) is 76.0 Å². The van der Waals surface area contributed by atoms with Gasteiger partial charge in [-0.25, -0.2) is 4.21 Å². The molecule has 19 heavy (non-hydrogen) atoms. The fourth-order valence-electron chi connectivity index (χ4n) is 2.53. The van der Waals surface area contributed by atoms with Crippen molar-refractivity contribution in [2.45, 2.75) is 64.2 Å². The predicted octanol–water partition coefficient (Wildman–Crippen LogP) is 3.99. The van der Waals surface area contributed by atoms with Crippen LogP contribution in [-0.4, -0.2) is 60.1 Å². The van der Waals surface area contributed by atoms with E-state index in [9.17, 15) is 8.76 Å². The van der Waals surface area contributed by atoms with Crippen LogP contribution in [0.2, 0.25) is 0 Å². The molecule has 4 heteroatoms.